The lowest BCUT2D eigenvalue weighted by Gasteiger charge is -2.11. The summed E-state index contributed by atoms with van der Waals surface area (Å²) in [7, 11) is 0. The standard InChI is InChI=1S/C15H16O/c16-15-10-4-2-1-3-7-13-8-5-6-9-14(13)11-12-15/h7,9,15-16H,2,4-6,8,10H2/b13-7-. The first-order valence-corrected chi connectivity index (χ1v) is 5.94. The Hall–Kier alpha value is -1.44. The molecular weight excluding hydrogens is 196 g/mol. The van der Waals surface area contributed by atoms with Crippen molar-refractivity contribution in [1.82, 2.24) is 0 Å². The molecule has 0 spiro atoms. The van der Waals surface area contributed by atoms with Crippen molar-refractivity contribution in [2.45, 2.75) is 44.6 Å². The van der Waals surface area contributed by atoms with E-state index in [2.05, 4.69) is 29.8 Å². The second-order valence-electron chi connectivity index (χ2n) is 4.18. The van der Waals surface area contributed by atoms with Crippen molar-refractivity contribution < 1.29 is 5.11 Å². The number of aliphatic hydroxyl groups is 1. The number of hydrogen-bond acceptors (Lipinski definition) is 1. The van der Waals surface area contributed by atoms with E-state index in [0.29, 0.717) is 0 Å². The van der Waals surface area contributed by atoms with Gasteiger partial charge < -0.3 is 5.11 Å². The minimum Gasteiger partial charge on any atom is -0.380 e. The van der Waals surface area contributed by atoms with Crippen LogP contribution in [0.25, 0.3) is 0 Å². The van der Waals surface area contributed by atoms with Crippen molar-refractivity contribution in [3.05, 3.63) is 23.3 Å². The number of allylic oxidation sites excluding steroid dienone is 4. The van der Waals surface area contributed by atoms with Crippen LogP contribution in [0.1, 0.15) is 38.5 Å². The monoisotopic (exact) mass is 212 g/mol. The van der Waals surface area contributed by atoms with Gasteiger partial charge in [-0.05, 0) is 43.8 Å². The van der Waals surface area contributed by atoms with Gasteiger partial charge in [0.25, 0.3) is 0 Å². The largest absolute Gasteiger partial charge is 0.380 e. The van der Waals surface area contributed by atoms with Crippen LogP contribution in [0.4, 0.5) is 0 Å². The minimum absolute atomic E-state index is 0.496. The average Bonchev–Trinajstić information content (AvgIpc) is 2.35. The Balaban J connectivity index is 2.29. The van der Waals surface area contributed by atoms with Crippen LogP contribution in [0.15, 0.2) is 23.3 Å². The van der Waals surface area contributed by atoms with Crippen LogP contribution in [0, 0.1) is 23.7 Å². The topological polar surface area (TPSA) is 20.2 Å². The summed E-state index contributed by atoms with van der Waals surface area (Å²) < 4.78 is 0. The van der Waals surface area contributed by atoms with Crippen LogP contribution in [0.5, 0.6) is 0 Å². The van der Waals surface area contributed by atoms with Crippen LogP contribution in [-0.4, -0.2) is 11.2 Å². The van der Waals surface area contributed by atoms with Crippen LogP contribution in [-0.2, 0) is 0 Å². The zero-order chi connectivity index (χ0) is 11.2. The quantitative estimate of drug-likeness (QED) is 0.612. The number of hydrogen-bond donors (Lipinski definition) is 1. The van der Waals surface area contributed by atoms with Gasteiger partial charge in [-0.2, -0.15) is 0 Å². The molecule has 0 aromatic rings. The molecule has 1 N–H and O–H groups in total. The predicted molar refractivity (Wildman–Crippen MR) is 65.4 cm³/mol. The Kier molecular flexibility index (Phi) is 3.86. The molecule has 16 heavy (non-hydrogen) atoms. The van der Waals surface area contributed by atoms with E-state index in [9.17, 15) is 5.11 Å². The molecule has 82 valence electrons. The fourth-order valence-electron chi connectivity index (χ4n) is 1.91. The summed E-state index contributed by atoms with van der Waals surface area (Å²) in [4.78, 5) is 0. The van der Waals surface area contributed by atoms with Gasteiger partial charge in [0.15, 0.2) is 0 Å². The minimum atomic E-state index is -0.496. The maximum atomic E-state index is 9.64. The van der Waals surface area contributed by atoms with Crippen molar-refractivity contribution in [2.24, 2.45) is 0 Å². The molecular formula is C15H16O. The molecule has 2 aliphatic rings. The number of aliphatic hydroxyl groups excluding tert-OH is 1. The Morgan fingerprint density at radius 3 is 3.19 bits per heavy atom. The van der Waals surface area contributed by atoms with Gasteiger partial charge in [0.1, 0.15) is 6.10 Å². The van der Waals surface area contributed by atoms with E-state index in [4.69, 9.17) is 0 Å². The Labute approximate surface area is 97.3 Å². The summed E-state index contributed by atoms with van der Waals surface area (Å²) in [6, 6.07) is 0. The van der Waals surface area contributed by atoms with Crippen LogP contribution < -0.4 is 0 Å². The second kappa shape index (κ2) is 5.59. The molecule has 0 heterocycles. The number of fused-ring (bicyclic) bond motifs is 1. The van der Waals surface area contributed by atoms with E-state index in [1.165, 1.54) is 12.0 Å². The van der Waals surface area contributed by atoms with Crippen molar-refractivity contribution >= 4 is 0 Å². The fraction of sp³-hybridized carbons (Fsp3) is 0.467. The van der Waals surface area contributed by atoms with Crippen LogP contribution >= 0.6 is 0 Å². The SMILES string of the molecule is OC1C#CC2=CCCC/C2=C/C#CCCC1. The third-order valence-electron chi connectivity index (χ3n) is 2.85. The Morgan fingerprint density at radius 1 is 1.31 bits per heavy atom. The molecule has 0 amide bonds. The van der Waals surface area contributed by atoms with E-state index in [1.807, 2.05) is 6.08 Å². The van der Waals surface area contributed by atoms with Gasteiger partial charge in [-0.15, -0.1) is 0 Å². The van der Waals surface area contributed by atoms with Gasteiger partial charge in [-0.3, -0.25) is 0 Å². The molecule has 0 aliphatic heterocycles. The summed E-state index contributed by atoms with van der Waals surface area (Å²) >= 11 is 0. The zero-order valence-corrected chi connectivity index (χ0v) is 9.42. The molecule has 0 saturated heterocycles. The normalized spacial score (nSPS) is 27.7. The smallest absolute Gasteiger partial charge is 0.115 e. The fourth-order valence-corrected chi connectivity index (χ4v) is 1.91. The summed E-state index contributed by atoms with van der Waals surface area (Å²) in [5.41, 5.74) is 2.31. The van der Waals surface area contributed by atoms with Crippen molar-refractivity contribution in [3.8, 4) is 23.7 Å². The van der Waals surface area contributed by atoms with E-state index >= 15 is 0 Å². The van der Waals surface area contributed by atoms with Crippen LogP contribution in [0.2, 0.25) is 0 Å². The maximum Gasteiger partial charge on any atom is 0.115 e. The number of rotatable bonds is 0. The summed E-state index contributed by atoms with van der Waals surface area (Å²) in [5, 5.41) is 9.64. The summed E-state index contributed by atoms with van der Waals surface area (Å²) in [6.45, 7) is 0. The Bertz CT molecular complexity index is 432. The average molecular weight is 212 g/mol. The molecule has 0 aromatic carbocycles. The molecule has 2 rings (SSSR count). The molecule has 1 unspecified atom stereocenters. The maximum absolute atomic E-state index is 9.64. The van der Waals surface area contributed by atoms with Gasteiger partial charge >= 0.3 is 0 Å². The molecule has 0 fully saturated rings. The van der Waals surface area contributed by atoms with Gasteiger partial charge in [0.2, 0.25) is 0 Å². The lowest BCUT2D eigenvalue weighted by molar-refractivity contribution is 0.219. The van der Waals surface area contributed by atoms with Crippen molar-refractivity contribution in [3.63, 3.8) is 0 Å². The van der Waals surface area contributed by atoms with Gasteiger partial charge in [0, 0.05) is 12.0 Å². The van der Waals surface area contributed by atoms with E-state index in [1.54, 1.807) is 0 Å². The predicted octanol–water partition coefficient (Wildman–Crippen LogP) is 2.57. The Morgan fingerprint density at radius 2 is 2.25 bits per heavy atom. The molecule has 2 aliphatic carbocycles. The lowest BCUT2D eigenvalue weighted by Crippen LogP contribution is -2.02. The lowest BCUT2D eigenvalue weighted by atomic mass is 9.93. The third-order valence-corrected chi connectivity index (χ3v) is 2.85. The molecule has 0 radical (unpaired) electrons. The first-order valence-electron chi connectivity index (χ1n) is 5.94. The molecule has 0 saturated carbocycles. The summed E-state index contributed by atoms with van der Waals surface area (Å²) in [5.74, 6) is 12.2. The molecule has 0 bridgehead atoms. The van der Waals surface area contributed by atoms with E-state index < -0.39 is 6.10 Å². The van der Waals surface area contributed by atoms with E-state index in [-0.39, 0.29) is 0 Å². The molecule has 0 aromatic heterocycles. The first-order chi connectivity index (χ1) is 7.86. The highest BCUT2D eigenvalue weighted by atomic mass is 16.3. The van der Waals surface area contributed by atoms with E-state index in [0.717, 1.165) is 37.7 Å². The first kappa shape index (κ1) is 11.1. The molecule has 1 atom stereocenters. The molecule has 1 nitrogen and oxygen atoms in total. The highest BCUT2D eigenvalue weighted by molar-refractivity contribution is 5.49. The van der Waals surface area contributed by atoms with Gasteiger partial charge in [-0.1, -0.05) is 29.8 Å². The van der Waals surface area contributed by atoms with Crippen LogP contribution in [0.3, 0.4) is 0 Å². The molecule has 1 heteroatoms. The summed E-state index contributed by atoms with van der Waals surface area (Å²) in [6.07, 6.45) is 9.49. The highest BCUT2D eigenvalue weighted by Crippen LogP contribution is 2.23. The van der Waals surface area contributed by atoms with Gasteiger partial charge in [0.05, 0.1) is 0 Å². The van der Waals surface area contributed by atoms with Gasteiger partial charge in [-0.25, -0.2) is 0 Å². The van der Waals surface area contributed by atoms with Crippen molar-refractivity contribution in [2.75, 3.05) is 0 Å². The second-order valence-corrected chi connectivity index (χ2v) is 4.18. The third kappa shape index (κ3) is 3.02. The van der Waals surface area contributed by atoms with Crippen molar-refractivity contribution in [1.29, 1.82) is 0 Å². The zero-order valence-electron chi connectivity index (χ0n) is 9.42. The highest BCUT2D eigenvalue weighted by Gasteiger charge is 2.08.